The number of aryl methyl sites for hydroxylation is 3. The van der Waals surface area contributed by atoms with Gasteiger partial charge in [-0.2, -0.15) is 4.31 Å². The summed E-state index contributed by atoms with van der Waals surface area (Å²) in [5.74, 6) is 1.35. The first kappa shape index (κ1) is 22.1. The number of fused-ring (bicyclic) bond motifs is 1. The topological polar surface area (TPSA) is 68.3 Å². The maximum atomic E-state index is 13.8. The van der Waals surface area contributed by atoms with Gasteiger partial charge in [0, 0.05) is 32.7 Å². The average Bonchev–Trinajstić information content (AvgIpc) is 3.18. The molecule has 1 saturated heterocycles. The van der Waals surface area contributed by atoms with Crippen molar-refractivity contribution < 1.29 is 22.6 Å². The summed E-state index contributed by atoms with van der Waals surface area (Å²) in [6.45, 7) is 10.3. The lowest BCUT2D eigenvalue weighted by Gasteiger charge is -2.30. The summed E-state index contributed by atoms with van der Waals surface area (Å²) in [7, 11) is -3.69. The third kappa shape index (κ3) is 4.87. The van der Waals surface area contributed by atoms with Gasteiger partial charge in [-0.1, -0.05) is 23.8 Å². The summed E-state index contributed by atoms with van der Waals surface area (Å²) in [6.07, 6.45) is 0. The number of nitrogens with zero attached hydrogens (tertiary/aromatic N) is 2. The van der Waals surface area contributed by atoms with Crippen LogP contribution in [0.3, 0.4) is 0 Å². The van der Waals surface area contributed by atoms with E-state index in [1.165, 1.54) is 0 Å². The van der Waals surface area contributed by atoms with Gasteiger partial charge in [0.1, 0.15) is 0 Å². The maximum absolute atomic E-state index is 13.8. The largest absolute Gasteiger partial charge is 0.454 e. The van der Waals surface area contributed by atoms with Gasteiger partial charge in [0.2, 0.25) is 16.8 Å². The molecule has 0 bridgehead atoms. The number of benzene rings is 2. The van der Waals surface area contributed by atoms with E-state index in [2.05, 4.69) is 4.90 Å². The maximum Gasteiger partial charge on any atom is 0.243 e. The Morgan fingerprint density at radius 2 is 1.65 bits per heavy atom. The lowest BCUT2D eigenvalue weighted by molar-refractivity contribution is 0.0361. The summed E-state index contributed by atoms with van der Waals surface area (Å²) in [6, 6.07) is 9.47. The van der Waals surface area contributed by atoms with Gasteiger partial charge in [0.25, 0.3) is 0 Å². The average molecular weight is 447 g/mol. The SMILES string of the molecule is Cc1cc(C)c(S(=O)(=O)N(CCN2CCOCC2)Cc2ccc3c(c2)OCO3)c(C)c1. The Morgan fingerprint density at radius 3 is 2.35 bits per heavy atom. The molecule has 0 N–H and O–H groups in total. The van der Waals surface area contributed by atoms with Gasteiger partial charge in [-0.3, -0.25) is 4.90 Å². The molecular weight excluding hydrogens is 416 g/mol. The van der Waals surface area contributed by atoms with Crippen molar-refractivity contribution in [3.05, 3.63) is 52.6 Å². The number of morpholine rings is 1. The van der Waals surface area contributed by atoms with Crippen LogP contribution in [0.15, 0.2) is 35.2 Å². The van der Waals surface area contributed by atoms with Crippen LogP contribution >= 0.6 is 0 Å². The Balaban J connectivity index is 1.64. The highest BCUT2D eigenvalue weighted by atomic mass is 32.2. The van der Waals surface area contributed by atoms with Gasteiger partial charge < -0.3 is 14.2 Å². The zero-order valence-corrected chi connectivity index (χ0v) is 19.2. The Kier molecular flexibility index (Phi) is 6.52. The van der Waals surface area contributed by atoms with Gasteiger partial charge >= 0.3 is 0 Å². The second kappa shape index (κ2) is 9.16. The quantitative estimate of drug-likeness (QED) is 0.652. The summed E-state index contributed by atoms with van der Waals surface area (Å²) in [5.41, 5.74) is 3.49. The highest BCUT2D eigenvalue weighted by Gasteiger charge is 2.29. The molecule has 0 spiro atoms. The molecule has 2 aromatic carbocycles. The Labute approximate surface area is 184 Å². The number of ether oxygens (including phenoxy) is 3. The molecule has 0 aromatic heterocycles. The van der Waals surface area contributed by atoms with Crippen LogP contribution in [0.1, 0.15) is 22.3 Å². The molecule has 2 aromatic rings. The van der Waals surface area contributed by atoms with Crippen LogP contribution in [-0.2, 0) is 21.3 Å². The van der Waals surface area contributed by atoms with Crippen LogP contribution < -0.4 is 9.47 Å². The predicted octanol–water partition coefficient (Wildman–Crippen LogP) is 2.86. The van der Waals surface area contributed by atoms with E-state index in [0.717, 1.165) is 35.3 Å². The molecule has 1 fully saturated rings. The zero-order valence-electron chi connectivity index (χ0n) is 18.4. The van der Waals surface area contributed by atoms with E-state index in [-0.39, 0.29) is 13.3 Å². The van der Waals surface area contributed by atoms with E-state index in [0.29, 0.717) is 42.7 Å². The molecule has 0 unspecified atom stereocenters. The second-order valence-electron chi connectivity index (χ2n) is 8.21. The predicted molar refractivity (Wildman–Crippen MR) is 118 cm³/mol. The molecule has 8 heteroatoms. The van der Waals surface area contributed by atoms with Crippen molar-refractivity contribution >= 4 is 10.0 Å². The first-order chi connectivity index (χ1) is 14.8. The first-order valence-electron chi connectivity index (χ1n) is 10.6. The number of sulfonamides is 1. The Morgan fingerprint density at radius 1 is 0.968 bits per heavy atom. The van der Waals surface area contributed by atoms with Crippen molar-refractivity contribution in [3.8, 4) is 11.5 Å². The van der Waals surface area contributed by atoms with Crippen LogP contribution in [-0.4, -0.2) is 63.8 Å². The van der Waals surface area contributed by atoms with Gasteiger partial charge in [0.05, 0.1) is 18.1 Å². The number of rotatable bonds is 7. The van der Waals surface area contributed by atoms with E-state index in [9.17, 15) is 8.42 Å². The van der Waals surface area contributed by atoms with E-state index >= 15 is 0 Å². The van der Waals surface area contributed by atoms with Crippen LogP contribution in [0.2, 0.25) is 0 Å². The van der Waals surface area contributed by atoms with Crippen molar-refractivity contribution in [1.82, 2.24) is 9.21 Å². The molecule has 31 heavy (non-hydrogen) atoms. The highest BCUT2D eigenvalue weighted by Crippen LogP contribution is 2.34. The van der Waals surface area contributed by atoms with Gasteiger partial charge in [-0.15, -0.1) is 0 Å². The molecule has 0 amide bonds. The molecule has 0 saturated carbocycles. The highest BCUT2D eigenvalue weighted by molar-refractivity contribution is 7.89. The fraction of sp³-hybridized carbons (Fsp3) is 0.478. The Hall–Kier alpha value is -2.13. The van der Waals surface area contributed by atoms with E-state index in [1.54, 1.807) is 4.31 Å². The summed E-state index contributed by atoms with van der Waals surface area (Å²) in [5, 5.41) is 0. The minimum absolute atomic E-state index is 0.194. The minimum Gasteiger partial charge on any atom is -0.454 e. The van der Waals surface area contributed by atoms with E-state index in [1.807, 2.05) is 51.1 Å². The van der Waals surface area contributed by atoms with Crippen molar-refractivity contribution in [3.63, 3.8) is 0 Å². The summed E-state index contributed by atoms with van der Waals surface area (Å²) < 4.78 is 45.5. The van der Waals surface area contributed by atoms with Crippen LogP contribution in [0.4, 0.5) is 0 Å². The molecule has 168 valence electrons. The molecule has 2 aliphatic rings. The van der Waals surface area contributed by atoms with Crippen LogP contribution in [0.5, 0.6) is 11.5 Å². The van der Waals surface area contributed by atoms with Crippen LogP contribution in [0, 0.1) is 20.8 Å². The van der Waals surface area contributed by atoms with Crippen molar-refractivity contribution in [1.29, 1.82) is 0 Å². The molecule has 0 atom stereocenters. The summed E-state index contributed by atoms with van der Waals surface area (Å²) in [4.78, 5) is 2.65. The fourth-order valence-corrected chi connectivity index (χ4v) is 6.14. The molecule has 0 aliphatic carbocycles. The lowest BCUT2D eigenvalue weighted by atomic mass is 10.1. The van der Waals surface area contributed by atoms with E-state index < -0.39 is 10.0 Å². The van der Waals surface area contributed by atoms with Crippen molar-refractivity contribution in [2.75, 3.05) is 46.2 Å². The van der Waals surface area contributed by atoms with Crippen LogP contribution in [0.25, 0.3) is 0 Å². The molecule has 0 radical (unpaired) electrons. The zero-order chi connectivity index (χ0) is 22.0. The standard InChI is InChI=1S/C23H30N2O5S/c1-17-12-18(2)23(19(3)13-17)31(26,27)25(7-6-24-8-10-28-11-9-24)15-20-4-5-21-22(14-20)30-16-29-21/h4-5,12-14H,6-11,15-16H2,1-3H3. The third-order valence-corrected chi connectivity index (χ3v) is 7.92. The number of hydrogen-bond donors (Lipinski definition) is 0. The first-order valence-corrected chi connectivity index (χ1v) is 12.1. The summed E-state index contributed by atoms with van der Waals surface area (Å²) >= 11 is 0. The fourth-order valence-electron chi connectivity index (χ4n) is 4.31. The smallest absolute Gasteiger partial charge is 0.243 e. The molecular formula is C23H30N2O5S. The van der Waals surface area contributed by atoms with Gasteiger partial charge in [-0.05, 0) is 49.6 Å². The van der Waals surface area contributed by atoms with Crippen molar-refractivity contribution in [2.45, 2.75) is 32.2 Å². The molecule has 7 nitrogen and oxygen atoms in total. The van der Waals surface area contributed by atoms with Gasteiger partial charge in [-0.25, -0.2) is 8.42 Å². The normalized spacial score (nSPS) is 16.8. The monoisotopic (exact) mass is 446 g/mol. The minimum atomic E-state index is -3.69. The molecule has 2 heterocycles. The van der Waals surface area contributed by atoms with Gasteiger partial charge in [0.15, 0.2) is 11.5 Å². The molecule has 4 rings (SSSR count). The number of hydrogen-bond acceptors (Lipinski definition) is 6. The third-order valence-electron chi connectivity index (χ3n) is 5.77. The second-order valence-corrected chi connectivity index (χ2v) is 10.1. The Bertz CT molecular complexity index is 1020. The lowest BCUT2D eigenvalue weighted by Crippen LogP contribution is -2.43. The molecule has 2 aliphatic heterocycles. The van der Waals surface area contributed by atoms with Crippen molar-refractivity contribution in [2.24, 2.45) is 0 Å². The van der Waals surface area contributed by atoms with E-state index in [4.69, 9.17) is 14.2 Å².